The monoisotopic (exact) mass is 257 g/mol. The first-order valence-electron chi connectivity index (χ1n) is 8.00. The smallest absolute Gasteiger partial charge is 0.0136 e. The minimum Gasteiger partial charge on any atom is -0.306 e. The number of nitrogens with zero attached hydrogens (tertiary/aromatic N) is 1. The van der Waals surface area contributed by atoms with Crippen LogP contribution < -0.4 is 0 Å². The van der Waals surface area contributed by atoms with Gasteiger partial charge in [-0.25, -0.2) is 0 Å². The summed E-state index contributed by atoms with van der Waals surface area (Å²) in [6.07, 6.45) is 9.90. The average Bonchev–Trinajstić information content (AvgIpc) is 2.47. The fourth-order valence-electron chi connectivity index (χ4n) is 4.22. The molecular formula is C18H27N. The third kappa shape index (κ3) is 2.72. The van der Waals surface area contributed by atoms with Gasteiger partial charge in [-0.3, -0.25) is 0 Å². The predicted octanol–water partition coefficient (Wildman–Crippen LogP) is 4.23. The second-order valence-electron chi connectivity index (χ2n) is 6.76. The lowest BCUT2D eigenvalue weighted by atomic mass is 9.69. The van der Waals surface area contributed by atoms with Crippen molar-refractivity contribution in [1.82, 2.24) is 4.90 Å². The van der Waals surface area contributed by atoms with E-state index in [4.69, 9.17) is 0 Å². The molecular weight excluding hydrogens is 230 g/mol. The van der Waals surface area contributed by atoms with Crippen LogP contribution in [0.2, 0.25) is 0 Å². The van der Waals surface area contributed by atoms with Crippen molar-refractivity contribution in [3.8, 4) is 0 Å². The van der Waals surface area contributed by atoms with Crippen LogP contribution in [0.4, 0.5) is 0 Å². The van der Waals surface area contributed by atoms with Gasteiger partial charge in [0, 0.05) is 6.04 Å². The molecule has 2 atom stereocenters. The van der Waals surface area contributed by atoms with Gasteiger partial charge in [0.1, 0.15) is 0 Å². The van der Waals surface area contributed by atoms with Gasteiger partial charge in [-0.15, -0.1) is 0 Å². The topological polar surface area (TPSA) is 3.24 Å². The largest absolute Gasteiger partial charge is 0.306 e. The molecule has 19 heavy (non-hydrogen) atoms. The first-order valence-corrected chi connectivity index (χ1v) is 8.00. The average molecular weight is 257 g/mol. The zero-order valence-corrected chi connectivity index (χ0v) is 12.4. The van der Waals surface area contributed by atoms with Crippen molar-refractivity contribution < 1.29 is 0 Å². The molecule has 1 aromatic carbocycles. The van der Waals surface area contributed by atoms with Crippen LogP contribution in [0.25, 0.3) is 0 Å². The Bertz CT molecular complexity index is 417. The van der Waals surface area contributed by atoms with Crippen molar-refractivity contribution in [1.29, 1.82) is 0 Å². The number of rotatable bonds is 2. The van der Waals surface area contributed by atoms with E-state index in [0.717, 1.165) is 17.9 Å². The van der Waals surface area contributed by atoms with Gasteiger partial charge in [-0.2, -0.15) is 0 Å². The zero-order valence-electron chi connectivity index (χ0n) is 12.4. The SMILES string of the molecule is CN(C)[C@@H]1Cc2ccccc2[C@@H](C2CCCCC2)C1. The van der Waals surface area contributed by atoms with E-state index in [9.17, 15) is 0 Å². The van der Waals surface area contributed by atoms with Gasteiger partial charge in [0.15, 0.2) is 0 Å². The first-order chi connectivity index (χ1) is 9.25. The summed E-state index contributed by atoms with van der Waals surface area (Å²) in [5.41, 5.74) is 3.29. The molecule has 0 spiro atoms. The molecule has 0 radical (unpaired) electrons. The maximum absolute atomic E-state index is 2.44. The predicted molar refractivity (Wildman–Crippen MR) is 81.6 cm³/mol. The van der Waals surface area contributed by atoms with Crippen LogP contribution in [0, 0.1) is 5.92 Å². The minimum absolute atomic E-state index is 0.738. The van der Waals surface area contributed by atoms with Gasteiger partial charge in [0.2, 0.25) is 0 Å². The number of likely N-dealkylation sites (N-methyl/N-ethyl adjacent to an activating group) is 1. The highest BCUT2D eigenvalue weighted by atomic mass is 15.1. The van der Waals surface area contributed by atoms with Crippen LogP contribution in [-0.2, 0) is 6.42 Å². The van der Waals surface area contributed by atoms with E-state index in [2.05, 4.69) is 43.3 Å². The fraction of sp³-hybridized carbons (Fsp3) is 0.667. The molecule has 1 aromatic rings. The molecule has 0 saturated heterocycles. The second kappa shape index (κ2) is 5.66. The van der Waals surface area contributed by atoms with Crippen LogP contribution in [0.3, 0.4) is 0 Å². The Kier molecular flexibility index (Phi) is 3.93. The lowest BCUT2D eigenvalue weighted by Crippen LogP contribution is -2.37. The Balaban J connectivity index is 1.88. The highest BCUT2D eigenvalue weighted by Gasteiger charge is 2.33. The molecule has 0 bridgehead atoms. The van der Waals surface area contributed by atoms with Crippen LogP contribution in [0.5, 0.6) is 0 Å². The summed E-state index contributed by atoms with van der Waals surface area (Å²) in [6.45, 7) is 0. The van der Waals surface area contributed by atoms with Crippen LogP contribution in [0.15, 0.2) is 24.3 Å². The maximum atomic E-state index is 2.44. The van der Waals surface area contributed by atoms with Crippen LogP contribution in [-0.4, -0.2) is 25.0 Å². The second-order valence-corrected chi connectivity index (χ2v) is 6.76. The summed E-state index contributed by atoms with van der Waals surface area (Å²) >= 11 is 0. The third-order valence-corrected chi connectivity index (χ3v) is 5.39. The summed E-state index contributed by atoms with van der Waals surface area (Å²) < 4.78 is 0. The summed E-state index contributed by atoms with van der Waals surface area (Å²) in [4.78, 5) is 2.44. The lowest BCUT2D eigenvalue weighted by molar-refractivity contribution is 0.203. The van der Waals surface area contributed by atoms with Crippen molar-refractivity contribution in [2.75, 3.05) is 14.1 Å². The molecule has 1 saturated carbocycles. The van der Waals surface area contributed by atoms with E-state index < -0.39 is 0 Å². The molecule has 104 valence electrons. The standard InChI is InChI=1S/C18H27N/c1-19(2)16-12-15-10-6-7-11-17(15)18(13-16)14-8-4-3-5-9-14/h6-7,10-11,14,16,18H,3-5,8-9,12-13H2,1-2H3/t16-,18-/m1/s1. The number of fused-ring (bicyclic) bond motifs is 1. The quantitative estimate of drug-likeness (QED) is 0.766. The summed E-state index contributed by atoms with van der Waals surface area (Å²) in [6, 6.07) is 9.96. The van der Waals surface area contributed by atoms with Crippen molar-refractivity contribution >= 4 is 0 Å². The van der Waals surface area contributed by atoms with E-state index in [0.29, 0.717) is 0 Å². The molecule has 0 unspecified atom stereocenters. The molecule has 0 aromatic heterocycles. The molecule has 2 aliphatic rings. The van der Waals surface area contributed by atoms with Gasteiger partial charge >= 0.3 is 0 Å². The Morgan fingerprint density at radius 3 is 2.47 bits per heavy atom. The zero-order chi connectivity index (χ0) is 13.2. The van der Waals surface area contributed by atoms with Crippen molar-refractivity contribution in [2.24, 2.45) is 5.92 Å². The van der Waals surface area contributed by atoms with Gasteiger partial charge in [-0.1, -0.05) is 43.5 Å². The highest BCUT2D eigenvalue weighted by molar-refractivity contribution is 5.34. The molecule has 3 rings (SSSR count). The van der Waals surface area contributed by atoms with E-state index in [1.54, 1.807) is 11.1 Å². The van der Waals surface area contributed by atoms with Crippen molar-refractivity contribution in [3.63, 3.8) is 0 Å². The van der Waals surface area contributed by atoms with Gasteiger partial charge in [0.25, 0.3) is 0 Å². The van der Waals surface area contributed by atoms with Crippen molar-refractivity contribution in [3.05, 3.63) is 35.4 Å². The number of hydrogen-bond acceptors (Lipinski definition) is 1. The Morgan fingerprint density at radius 1 is 1.00 bits per heavy atom. The van der Waals surface area contributed by atoms with Crippen LogP contribution >= 0.6 is 0 Å². The number of benzene rings is 1. The van der Waals surface area contributed by atoms with E-state index >= 15 is 0 Å². The molecule has 0 amide bonds. The molecule has 1 heteroatoms. The van der Waals surface area contributed by atoms with Gasteiger partial charge < -0.3 is 4.90 Å². The highest BCUT2D eigenvalue weighted by Crippen LogP contribution is 2.43. The molecule has 1 nitrogen and oxygen atoms in total. The van der Waals surface area contributed by atoms with Gasteiger partial charge in [-0.05, 0) is 62.7 Å². The Hall–Kier alpha value is -0.820. The first kappa shape index (κ1) is 13.2. The maximum Gasteiger partial charge on any atom is 0.0136 e. The van der Waals surface area contributed by atoms with E-state index in [1.165, 1.54) is 44.9 Å². The molecule has 1 fully saturated rings. The van der Waals surface area contributed by atoms with Gasteiger partial charge in [0.05, 0.1) is 0 Å². The fourth-order valence-corrected chi connectivity index (χ4v) is 4.22. The van der Waals surface area contributed by atoms with Crippen molar-refractivity contribution in [2.45, 2.75) is 56.9 Å². The minimum atomic E-state index is 0.738. The molecule has 0 N–H and O–H groups in total. The van der Waals surface area contributed by atoms with E-state index in [1.807, 2.05) is 0 Å². The normalized spacial score (nSPS) is 28.4. The molecule has 2 aliphatic carbocycles. The summed E-state index contributed by atoms with van der Waals surface area (Å²) in [7, 11) is 4.49. The van der Waals surface area contributed by atoms with E-state index in [-0.39, 0.29) is 0 Å². The van der Waals surface area contributed by atoms with Crippen LogP contribution in [0.1, 0.15) is 55.6 Å². The number of hydrogen-bond donors (Lipinski definition) is 0. The summed E-state index contributed by atoms with van der Waals surface area (Å²) in [5.74, 6) is 1.76. The third-order valence-electron chi connectivity index (χ3n) is 5.39. The molecule has 0 heterocycles. The Morgan fingerprint density at radius 2 is 1.74 bits per heavy atom. The lowest BCUT2D eigenvalue weighted by Gasteiger charge is -2.40. The molecule has 0 aliphatic heterocycles. The Labute approximate surface area is 118 Å². The summed E-state index contributed by atoms with van der Waals surface area (Å²) in [5, 5.41) is 0.